The van der Waals surface area contributed by atoms with Gasteiger partial charge < -0.3 is 20.7 Å². The van der Waals surface area contributed by atoms with Gasteiger partial charge in [0.25, 0.3) is 0 Å². The van der Waals surface area contributed by atoms with E-state index in [2.05, 4.69) is 6.58 Å². The minimum Gasteiger partial charge on any atom is -0.508 e. The predicted octanol–water partition coefficient (Wildman–Crippen LogP) is 4.65. The van der Waals surface area contributed by atoms with E-state index in [1.165, 1.54) is 0 Å². The molecule has 0 bridgehead atoms. The lowest BCUT2D eigenvalue weighted by molar-refractivity contribution is 0.441. The van der Waals surface area contributed by atoms with Crippen molar-refractivity contribution in [2.75, 3.05) is 6.54 Å². The van der Waals surface area contributed by atoms with E-state index < -0.39 is 0 Å². The molecule has 0 aliphatic carbocycles. The number of benzene rings is 2. The molecule has 0 spiro atoms. The summed E-state index contributed by atoms with van der Waals surface area (Å²) in [4.78, 5) is 0. The van der Waals surface area contributed by atoms with Crippen molar-refractivity contribution in [3.05, 3.63) is 89.6 Å². The van der Waals surface area contributed by atoms with E-state index in [4.69, 9.17) is 10.5 Å². The Hall–Kier alpha value is -3.24. The monoisotopic (exact) mass is 347 g/mol. The lowest BCUT2D eigenvalue weighted by atomic mass is 9.92. The highest BCUT2D eigenvalue weighted by molar-refractivity contribution is 5.89. The molecule has 0 fully saturated rings. The van der Waals surface area contributed by atoms with Gasteiger partial charge >= 0.3 is 0 Å². The first kappa shape index (κ1) is 17.6. The third-order valence-electron chi connectivity index (χ3n) is 4.16. The first-order chi connectivity index (χ1) is 12.5. The SMILES string of the molecule is C=C/C(=C\C=C(/C)C=C1c2ccc(O)cc2Oc2cc(O)ccc21)CN. The number of aromatic hydroxyl groups is 2. The van der Waals surface area contributed by atoms with Gasteiger partial charge in [-0.2, -0.15) is 0 Å². The van der Waals surface area contributed by atoms with E-state index in [1.807, 2.05) is 37.3 Å². The van der Waals surface area contributed by atoms with E-state index in [0.717, 1.165) is 27.8 Å². The third kappa shape index (κ3) is 3.55. The van der Waals surface area contributed by atoms with Gasteiger partial charge in [-0.25, -0.2) is 0 Å². The second-order valence-electron chi connectivity index (χ2n) is 6.08. The van der Waals surface area contributed by atoms with Crippen LogP contribution in [0.15, 0.2) is 78.4 Å². The van der Waals surface area contributed by atoms with Crippen LogP contribution in [0.3, 0.4) is 0 Å². The molecule has 0 saturated heterocycles. The fourth-order valence-electron chi connectivity index (χ4n) is 2.79. The van der Waals surface area contributed by atoms with Crippen molar-refractivity contribution in [1.82, 2.24) is 0 Å². The molecule has 2 aromatic rings. The van der Waals surface area contributed by atoms with Crippen molar-refractivity contribution < 1.29 is 14.9 Å². The molecule has 132 valence electrons. The van der Waals surface area contributed by atoms with E-state index in [1.54, 1.807) is 30.3 Å². The molecule has 4 heteroatoms. The van der Waals surface area contributed by atoms with Crippen LogP contribution in [0.5, 0.6) is 23.0 Å². The summed E-state index contributed by atoms with van der Waals surface area (Å²) >= 11 is 0. The van der Waals surface area contributed by atoms with Crippen molar-refractivity contribution in [1.29, 1.82) is 0 Å². The molecule has 1 aliphatic rings. The van der Waals surface area contributed by atoms with Crippen LogP contribution in [-0.2, 0) is 0 Å². The zero-order valence-electron chi connectivity index (χ0n) is 14.6. The molecule has 0 saturated carbocycles. The fourth-order valence-corrected chi connectivity index (χ4v) is 2.79. The van der Waals surface area contributed by atoms with E-state index >= 15 is 0 Å². The Kier molecular flexibility index (Phi) is 4.96. The topological polar surface area (TPSA) is 75.7 Å². The van der Waals surface area contributed by atoms with Crippen molar-refractivity contribution in [2.24, 2.45) is 5.73 Å². The minimum absolute atomic E-state index is 0.125. The zero-order valence-corrected chi connectivity index (χ0v) is 14.6. The van der Waals surface area contributed by atoms with Crippen LogP contribution in [0.1, 0.15) is 18.1 Å². The summed E-state index contributed by atoms with van der Waals surface area (Å²) in [6.45, 7) is 6.17. The van der Waals surface area contributed by atoms with Crippen LogP contribution in [0.4, 0.5) is 0 Å². The van der Waals surface area contributed by atoms with Crippen molar-refractivity contribution in [3.8, 4) is 23.0 Å². The minimum atomic E-state index is 0.125. The van der Waals surface area contributed by atoms with Crippen molar-refractivity contribution >= 4 is 5.57 Å². The van der Waals surface area contributed by atoms with E-state index in [-0.39, 0.29) is 11.5 Å². The molecule has 4 nitrogen and oxygen atoms in total. The Labute approximate surface area is 152 Å². The zero-order chi connectivity index (χ0) is 18.7. The molecule has 1 aliphatic heterocycles. The number of hydrogen-bond donors (Lipinski definition) is 3. The van der Waals surface area contributed by atoms with Crippen LogP contribution in [-0.4, -0.2) is 16.8 Å². The second-order valence-corrected chi connectivity index (χ2v) is 6.08. The third-order valence-corrected chi connectivity index (χ3v) is 4.16. The van der Waals surface area contributed by atoms with Gasteiger partial charge in [0.1, 0.15) is 23.0 Å². The number of nitrogens with two attached hydrogens (primary N) is 1. The molecule has 0 atom stereocenters. The molecule has 26 heavy (non-hydrogen) atoms. The number of phenolic OH excluding ortho intramolecular Hbond substituents is 2. The van der Waals surface area contributed by atoms with Gasteiger partial charge in [0, 0.05) is 29.8 Å². The Morgan fingerprint density at radius 1 is 1.04 bits per heavy atom. The smallest absolute Gasteiger partial charge is 0.138 e. The van der Waals surface area contributed by atoms with Gasteiger partial charge in [-0.1, -0.05) is 36.5 Å². The maximum atomic E-state index is 9.77. The average molecular weight is 347 g/mol. The second kappa shape index (κ2) is 7.33. The highest BCUT2D eigenvalue weighted by Crippen LogP contribution is 2.46. The quantitative estimate of drug-likeness (QED) is 0.600. The number of allylic oxidation sites excluding steroid dienone is 4. The molecule has 3 rings (SSSR count). The summed E-state index contributed by atoms with van der Waals surface area (Å²) in [6, 6.07) is 10.0. The lowest BCUT2D eigenvalue weighted by Crippen LogP contribution is -2.02. The maximum absolute atomic E-state index is 9.77. The van der Waals surface area contributed by atoms with Crippen LogP contribution < -0.4 is 10.5 Å². The van der Waals surface area contributed by atoms with Gasteiger partial charge in [-0.05, 0) is 42.3 Å². The van der Waals surface area contributed by atoms with Crippen molar-refractivity contribution in [2.45, 2.75) is 6.92 Å². The van der Waals surface area contributed by atoms with Gasteiger partial charge in [0.2, 0.25) is 0 Å². The Morgan fingerprint density at radius 2 is 1.62 bits per heavy atom. The van der Waals surface area contributed by atoms with Crippen LogP contribution in [0, 0.1) is 0 Å². The number of fused-ring (bicyclic) bond motifs is 2. The summed E-state index contributed by atoms with van der Waals surface area (Å²) in [7, 11) is 0. The van der Waals surface area contributed by atoms with E-state index in [9.17, 15) is 10.2 Å². The Morgan fingerprint density at radius 3 is 2.12 bits per heavy atom. The first-order valence-corrected chi connectivity index (χ1v) is 8.28. The van der Waals surface area contributed by atoms with E-state index in [0.29, 0.717) is 18.0 Å². The molecule has 0 aromatic heterocycles. The number of hydrogen-bond acceptors (Lipinski definition) is 4. The van der Waals surface area contributed by atoms with Gasteiger partial charge in [0.15, 0.2) is 0 Å². The standard InChI is InChI=1S/C22H21NO3/c1-3-15(13-23)5-4-14(2)10-20-18-8-6-16(24)11-21(18)26-22-12-17(25)7-9-19(20)22/h3-12,24-25H,1,13,23H2,2H3/b14-4+,15-5+. The number of rotatable bonds is 4. The van der Waals surface area contributed by atoms with Crippen LogP contribution >= 0.6 is 0 Å². The van der Waals surface area contributed by atoms with Gasteiger partial charge in [0.05, 0.1) is 0 Å². The Balaban J connectivity index is 2.13. The summed E-state index contributed by atoms with van der Waals surface area (Å²) in [5.41, 5.74) is 10.3. The maximum Gasteiger partial charge on any atom is 0.138 e. The number of ether oxygens (including phenoxy) is 1. The normalized spacial score (nSPS) is 13.5. The largest absolute Gasteiger partial charge is 0.508 e. The van der Waals surface area contributed by atoms with Crippen molar-refractivity contribution in [3.63, 3.8) is 0 Å². The van der Waals surface area contributed by atoms with Crippen LogP contribution in [0.25, 0.3) is 5.57 Å². The Bertz CT molecular complexity index is 898. The van der Waals surface area contributed by atoms with Gasteiger partial charge in [-0.3, -0.25) is 0 Å². The highest BCUT2D eigenvalue weighted by atomic mass is 16.5. The summed E-state index contributed by atoms with van der Waals surface area (Å²) in [6.07, 6.45) is 7.70. The predicted molar refractivity (Wildman–Crippen MR) is 104 cm³/mol. The fraction of sp³-hybridized carbons (Fsp3) is 0.0909. The molecule has 4 N–H and O–H groups in total. The van der Waals surface area contributed by atoms with Crippen LogP contribution in [0.2, 0.25) is 0 Å². The number of phenols is 2. The lowest BCUT2D eigenvalue weighted by Gasteiger charge is -2.23. The molecular weight excluding hydrogens is 326 g/mol. The molecule has 1 heterocycles. The average Bonchev–Trinajstić information content (AvgIpc) is 2.61. The summed E-state index contributed by atoms with van der Waals surface area (Å²) < 4.78 is 5.86. The molecule has 0 unspecified atom stereocenters. The van der Waals surface area contributed by atoms with Gasteiger partial charge in [-0.15, -0.1) is 0 Å². The first-order valence-electron chi connectivity index (χ1n) is 8.28. The highest BCUT2D eigenvalue weighted by Gasteiger charge is 2.22. The molecule has 0 amide bonds. The molecule has 0 radical (unpaired) electrons. The summed E-state index contributed by atoms with van der Waals surface area (Å²) in [5, 5.41) is 19.5. The summed E-state index contributed by atoms with van der Waals surface area (Å²) in [5.74, 6) is 1.35. The molecule has 2 aromatic carbocycles. The molecular formula is C22H21NO3.